The summed E-state index contributed by atoms with van der Waals surface area (Å²) in [7, 11) is -3.51. The Morgan fingerprint density at radius 2 is 2.40 bits per heavy atom. The SMILES string of the molecule is CCC(C#N)S(=O)(=O)NC1CCCOC1. The van der Waals surface area contributed by atoms with Crippen LogP contribution < -0.4 is 4.72 Å². The summed E-state index contributed by atoms with van der Waals surface area (Å²) in [6.07, 6.45) is 1.94. The Bertz CT molecular complexity index is 328. The second kappa shape index (κ2) is 5.45. The highest BCUT2D eigenvalue weighted by Gasteiger charge is 2.27. The molecule has 86 valence electrons. The predicted octanol–water partition coefficient (Wildman–Crippen LogP) is 0.387. The lowest BCUT2D eigenvalue weighted by Gasteiger charge is -2.23. The Morgan fingerprint density at radius 1 is 1.67 bits per heavy atom. The normalized spacial score (nSPS) is 24.4. The van der Waals surface area contributed by atoms with Crippen molar-refractivity contribution in [1.82, 2.24) is 4.72 Å². The van der Waals surface area contributed by atoms with Gasteiger partial charge in [0, 0.05) is 12.6 Å². The van der Waals surface area contributed by atoms with Crippen molar-refractivity contribution < 1.29 is 13.2 Å². The molecule has 2 atom stereocenters. The Hall–Kier alpha value is -0.640. The van der Waals surface area contributed by atoms with Crippen molar-refractivity contribution >= 4 is 10.0 Å². The number of nitriles is 1. The van der Waals surface area contributed by atoms with Crippen LogP contribution in [0.1, 0.15) is 26.2 Å². The lowest BCUT2D eigenvalue weighted by atomic mass is 10.1. The van der Waals surface area contributed by atoms with Crippen LogP contribution in [0.4, 0.5) is 0 Å². The van der Waals surface area contributed by atoms with Crippen molar-refractivity contribution in [3.8, 4) is 6.07 Å². The molecule has 1 rings (SSSR count). The van der Waals surface area contributed by atoms with E-state index in [1.807, 2.05) is 0 Å². The summed E-state index contributed by atoms with van der Waals surface area (Å²) < 4.78 is 31.0. The van der Waals surface area contributed by atoms with Crippen LogP contribution >= 0.6 is 0 Å². The third kappa shape index (κ3) is 3.45. The van der Waals surface area contributed by atoms with Gasteiger partial charge in [0.05, 0.1) is 12.7 Å². The number of hydrogen-bond acceptors (Lipinski definition) is 4. The number of sulfonamides is 1. The molecule has 0 spiro atoms. The molecule has 0 aromatic carbocycles. The molecular formula is C9H16N2O3S. The minimum atomic E-state index is -3.51. The molecule has 0 saturated carbocycles. The van der Waals surface area contributed by atoms with E-state index in [0.29, 0.717) is 19.6 Å². The average molecular weight is 232 g/mol. The van der Waals surface area contributed by atoms with Gasteiger partial charge in [-0.3, -0.25) is 0 Å². The Labute approximate surface area is 90.5 Å². The predicted molar refractivity (Wildman–Crippen MR) is 55.6 cm³/mol. The zero-order valence-electron chi connectivity index (χ0n) is 8.77. The highest BCUT2D eigenvalue weighted by Crippen LogP contribution is 2.10. The van der Waals surface area contributed by atoms with E-state index >= 15 is 0 Å². The molecule has 0 bridgehead atoms. The minimum Gasteiger partial charge on any atom is -0.380 e. The van der Waals surface area contributed by atoms with Crippen molar-refractivity contribution in [3.63, 3.8) is 0 Å². The quantitative estimate of drug-likeness (QED) is 0.760. The average Bonchev–Trinajstić information content (AvgIpc) is 2.19. The number of nitrogens with one attached hydrogen (secondary N) is 1. The molecule has 0 aliphatic carbocycles. The lowest BCUT2D eigenvalue weighted by molar-refractivity contribution is 0.0773. The number of nitrogens with zero attached hydrogens (tertiary/aromatic N) is 1. The molecule has 1 N–H and O–H groups in total. The highest BCUT2D eigenvalue weighted by atomic mass is 32.2. The molecule has 1 saturated heterocycles. The van der Waals surface area contributed by atoms with Crippen molar-refractivity contribution in [2.75, 3.05) is 13.2 Å². The van der Waals surface area contributed by atoms with Crippen LogP contribution in [0.3, 0.4) is 0 Å². The molecule has 15 heavy (non-hydrogen) atoms. The van der Waals surface area contributed by atoms with Gasteiger partial charge in [-0.05, 0) is 19.3 Å². The molecule has 0 amide bonds. The van der Waals surface area contributed by atoms with Gasteiger partial charge in [-0.1, -0.05) is 6.92 Å². The molecular weight excluding hydrogens is 216 g/mol. The van der Waals surface area contributed by atoms with Crippen molar-refractivity contribution in [3.05, 3.63) is 0 Å². The van der Waals surface area contributed by atoms with Crippen LogP contribution in [0.25, 0.3) is 0 Å². The molecule has 1 fully saturated rings. The summed E-state index contributed by atoms with van der Waals surface area (Å²) in [6, 6.07) is 1.62. The standard InChI is InChI=1S/C9H16N2O3S/c1-2-9(6-10)15(12,13)11-8-4-3-5-14-7-8/h8-9,11H,2-5,7H2,1H3. The van der Waals surface area contributed by atoms with Crippen LogP contribution in [0.15, 0.2) is 0 Å². The first-order chi connectivity index (χ1) is 7.10. The first kappa shape index (κ1) is 12.4. The van der Waals surface area contributed by atoms with Crippen LogP contribution in [-0.2, 0) is 14.8 Å². The zero-order chi connectivity index (χ0) is 11.3. The third-order valence-electron chi connectivity index (χ3n) is 2.38. The Morgan fingerprint density at radius 3 is 2.87 bits per heavy atom. The maximum atomic E-state index is 11.7. The van der Waals surface area contributed by atoms with Gasteiger partial charge in [-0.15, -0.1) is 0 Å². The third-order valence-corrected chi connectivity index (χ3v) is 4.23. The van der Waals surface area contributed by atoms with E-state index < -0.39 is 15.3 Å². The van der Waals surface area contributed by atoms with Gasteiger partial charge in [-0.25, -0.2) is 13.1 Å². The minimum absolute atomic E-state index is 0.175. The van der Waals surface area contributed by atoms with E-state index in [2.05, 4.69) is 4.72 Å². The van der Waals surface area contributed by atoms with Crippen molar-refractivity contribution in [2.45, 2.75) is 37.5 Å². The molecule has 6 heteroatoms. The van der Waals surface area contributed by atoms with Crippen LogP contribution in [0, 0.1) is 11.3 Å². The molecule has 1 aliphatic heterocycles. The van der Waals surface area contributed by atoms with E-state index in [1.54, 1.807) is 13.0 Å². The van der Waals surface area contributed by atoms with Gasteiger partial charge in [0.25, 0.3) is 0 Å². The number of ether oxygens (including phenoxy) is 1. The molecule has 5 nitrogen and oxygen atoms in total. The van der Waals surface area contributed by atoms with Gasteiger partial charge in [0.15, 0.2) is 5.25 Å². The first-order valence-corrected chi connectivity index (χ1v) is 6.63. The van der Waals surface area contributed by atoms with E-state index in [-0.39, 0.29) is 6.04 Å². The fourth-order valence-corrected chi connectivity index (χ4v) is 2.92. The Kier molecular flexibility index (Phi) is 4.51. The topological polar surface area (TPSA) is 79.2 Å². The second-order valence-electron chi connectivity index (χ2n) is 3.60. The molecule has 0 aromatic heterocycles. The summed E-state index contributed by atoms with van der Waals surface area (Å²) >= 11 is 0. The Balaban J connectivity index is 2.59. The first-order valence-electron chi connectivity index (χ1n) is 5.08. The van der Waals surface area contributed by atoms with Gasteiger partial charge < -0.3 is 4.74 Å². The summed E-state index contributed by atoms with van der Waals surface area (Å²) in [5, 5.41) is 7.73. The highest BCUT2D eigenvalue weighted by molar-refractivity contribution is 7.90. The summed E-state index contributed by atoms with van der Waals surface area (Å²) in [4.78, 5) is 0. The summed E-state index contributed by atoms with van der Waals surface area (Å²) in [6.45, 7) is 2.78. The fraction of sp³-hybridized carbons (Fsp3) is 0.889. The van der Waals surface area contributed by atoms with Crippen LogP contribution in [-0.4, -0.2) is 32.9 Å². The van der Waals surface area contributed by atoms with Gasteiger partial charge in [-0.2, -0.15) is 5.26 Å². The molecule has 0 radical (unpaired) electrons. The monoisotopic (exact) mass is 232 g/mol. The van der Waals surface area contributed by atoms with E-state index in [0.717, 1.165) is 12.8 Å². The van der Waals surface area contributed by atoms with Crippen LogP contribution in [0.5, 0.6) is 0 Å². The summed E-state index contributed by atoms with van der Waals surface area (Å²) in [5.41, 5.74) is 0. The molecule has 1 heterocycles. The number of hydrogen-bond donors (Lipinski definition) is 1. The van der Waals surface area contributed by atoms with Crippen LogP contribution in [0.2, 0.25) is 0 Å². The van der Waals surface area contributed by atoms with Crippen molar-refractivity contribution in [1.29, 1.82) is 5.26 Å². The van der Waals surface area contributed by atoms with Crippen molar-refractivity contribution in [2.24, 2.45) is 0 Å². The zero-order valence-corrected chi connectivity index (χ0v) is 9.59. The van der Waals surface area contributed by atoms with Gasteiger partial charge >= 0.3 is 0 Å². The van der Waals surface area contributed by atoms with Gasteiger partial charge in [0.2, 0.25) is 10.0 Å². The van der Waals surface area contributed by atoms with E-state index in [9.17, 15) is 8.42 Å². The maximum Gasteiger partial charge on any atom is 0.228 e. The maximum absolute atomic E-state index is 11.7. The smallest absolute Gasteiger partial charge is 0.228 e. The van der Waals surface area contributed by atoms with Gasteiger partial charge in [0.1, 0.15) is 0 Å². The largest absolute Gasteiger partial charge is 0.380 e. The number of rotatable bonds is 4. The van der Waals surface area contributed by atoms with E-state index in [4.69, 9.17) is 10.00 Å². The molecule has 0 aromatic rings. The second-order valence-corrected chi connectivity index (χ2v) is 5.50. The lowest BCUT2D eigenvalue weighted by Crippen LogP contribution is -2.44. The molecule has 1 aliphatic rings. The fourth-order valence-electron chi connectivity index (χ4n) is 1.53. The summed E-state index contributed by atoms with van der Waals surface area (Å²) in [5.74, 6) is 0. The molecule has 2 unspecified atom stereocenters. The van der Waals surface area contributed by atoms with E-state index in [1.165, 1.54) is 0 Å².